The number of nitrogens with two attached hydrogens (primary N) is 1. The molecule has 4 saturated heterocycles. The second-order valence-corrected chi connectivity index (χ2v) is 24.2. The molecule has 2 aliphatic carbocycles. The molecule has 2 aromatic rings. The number of benzene rings is 1. The second kappa shape index (κ2) is 25.1. The molecule has 17 nitrogen and oxygen atoms in total. The summed E-state index contributed by atoms with van der Waals surface area (Å²) in [5, 5.41) is 47.7. The van der Waals surface area contributed by atoms with Crippen LogP contribution in [0.25, 0.3) is 5.69 Å². The van der Waals surface area contributed by atoms with Gasteiger partial charge in [-0.15, -0.1) is 0 Å². The monoisotopic (exact) mass is 1210 g/mol. The number of carbonyl (C=O) groups excluding carboxylic acids is 1. The van der Waals surface area contributed by atoms with Gasteiger partial charge in [0.2, 0.25) is 0 Å². The molecule has 7 aliphatic rings. The molecule has 5 N–H and O–H groups in total. The number of halogens is 8. The number of anilines is 1. The number of nitrogen functional groups attached to an aromatic ring is 1. The average Bonchev–Trinajstić information content (AvgIpc) is 4.02. The van der Waals surface area contributed by atoms with Crippen LogP contribution in [0.3, 0.4) is 0 Å². The Morgan fingerprint density at radius 2 is 1.72 bits per heavy atom. The van der Waals surface area contributed by atoms with Gasteiger partial charge in [-0.05, 0) is 87.1 Å². The molecule has 9 rings (SSSR count). The highest BCUT2D eigenvalue weighted by molar-refractivity contribution is 7.86. The van der Waals surface area contributed by atoms with Crippen molar-refractivity contribution in [2.45, 2.75) is 188 Å². The molecular weight excluding hydrogens is 1140 g/mol. The number of allylic oxidation sites excluding steroid dienone is 2. The first-order valence-corrected chi connectivity index (χ1v) is 28.8. The Balaban J connectivity index is 0.000000277. The van der Waals surface area contributed by atoms with Gasteiger partial charge in [-0.25, -0.2) is 8.89 Å². The Morgan fingerprint density at radius 1 is 1.02 bits per heavy atom. The molecule has 6 heterocycles. The van der Waals surface area contributed by atoms with E-state index in [4.69, 9.17) is 67.4 Å². The van der Waals surface area contributed by atoms with Crippen LogP contribution in [0.5, 0.6) is 0 Å². The number of carbonyl (C=O) groups is 1. The molecule has 446 valence electrons. The number of oxime groups is 1. The van der Waals surface area contributed by atoms with Crippen molar-refractivity contribution in [3.63, 3.8) is 0 Å². The number of nitriles is 1. The second-order valence-electron chi connectivity index (χ2n) is 22.0. The van der Waals surface area contributed by atoms with Gasteiger partial charge in [-0.2, -0.15) is 36.7 Å². The van der Waals surface area contributed by atoms with E-state index in [0.29, 0.717) is 71.9 Å². The van der Waals surface area contributed by atoms with Gasteiger partial charge < -0.3 is 54.3 Å². The lowest BCUT2D eigenvalue weighted by Gasteiger charge is -2.51. The maximum absolute atomic E-state index is 14.4. The van der Waals surface area contributed by atoms with Crippen LogP contribution in [0.4, 0.5) is 32.2 Å². The van der Waals surface area contributed by atoms with Crippen LogP contribution in [0.1, 0.15) is 117 Å². The van der Waals surface area contributed by atoms with Crippen molar-refractivity contribution in [2.75, 3.05) is 19.5 Å². The van der Waals surface area contributed by atoms with E-state index in [9.17, 15) is 50.8 Å². The Hall–Kier alpha value is -4.39. The van der Waals surface area contributed by atoms with Gasteiger partial charge in [0.25, 0.3) is 0 Å². The van der Waals surface area contributed by atoms with Crippen molar-refractivity contribution < 1.29 is 83.9 Å². The highest BCUT2D eigenvalue weighted by atomic mass is 35.5. The molecule has 5 fully saturated rings. The van der Waals surface area contributed by atoms with Crippen molar-refractivity contribution >= 4 is 51.5 Å². The number of aliphatic hydroxyl groups excluding tert-OH is 1. The zero-order valence-corrected chi connectivity index (χ0v) is 47.7. The van der Waals surface area contributed by atoms with Gasteiger partial charge in [0.1, 0.15) is 58.0 Å². The quantitative estimate of drug-likeness (QED) is 0.0692. The normalized spacial score (nSPS) is 36.9. The van der Waals surface area contributed by atoms with E-state index in [-0.39, 0.29) is 30.4 Å². The van der Waals surface area contributed by atoms with Crippen LogP contribution in [-0.4, -0.2) is 127 Å². The zero-order chi connectivity index (χ0) is 59.1. The van der Waals surface area contributed by atoms with Gasteiger partial charge in [-0.1, -0.05) is 91.8 Å². The van der Waals surface area contributed by atoms with Crippen LogP contribution >= 0.6 is 23.2 Å². The molecule has 1 aromatic carbocycles. The molecule has 1 unspecified atom stereocenters. The Morgan fingerprint density at radius 3 is 2.35 bits per heavy atom. The minimum atomic E-state index is -5.25. The highest BCUT2D eigenvalue weighted by Crippen LogP contribution is 2.49. The third-order valence-electron chi connectivity index (χ3n) is 16.5. The molecule has 81 heavy (non-hydrogen) atoms. The summed E-state index contributed by atoms with van der Waals surface area (Å²) in [6, 6.07) is 2.19. The van der Waals surface area contributed by atoms with Gasteiger partial charge in [0, 0.05) is 38.7 Å². The molecule has 1 saturated carbocycles. The molecule has 0 radical (unpaired) electrons. The topological polar surface area (TPSA) is 239 Å². The van der Waals surface area contributed by atoms with Crippen molar-refractivity contribution in [2.24, 2.45) is 28.8 Å². The number of ether oxygens (including phenoxy) is 7. The number of esters is 1. The number of fused-ring (bicyclic) bond motifs is 2. The minimum absolute atomic E-state index is 0.0359. The van der Waals surface area contributed by atoms with Crippen LogP contribution in [0.2, 0.25) is 10.0 Å². The van der Waals surface area contributed by atoms with Gasteiger partial charge in [-0.3, -0.25) is 4.79 Å². The summed E-state index contributed by atoms with van der Waals surface area (Å²) in [4.78, 5) is 13.2. The summed E-state index contributed by atoms with van der Waals surface area (Å²) >= 11 is 11.5. The smallest absolute Gasteiger partial charge is 0.462 e. The third kappa shape index (κ3) is 13.1. The van der Waals surface area contributed by atoms with Crippen molar-refractivity contribution in [1.82, 2.24) is 9.78 Å². The molecule has 15 atom stereocenters. The van der Waals surface area contributed by atoms with Crippen LogP contribution in [0, 0.1) is 35.0 Å². The number of nitrogens with zero attached hydrogens (tertiary/aromatic N) is 4. The fraction of sp³-hybridized carbons (Fsp3) is 0.636. The molecule has 1 spiro atoms. The van der Waals surface area contributed by atoms with E-state index in [2.05, 4.69) is 37.1 Å². The van der Waals surface area contributed by atoms with E-state index in [1.165, 1.54) is 25.3 Å². The summed E-state index contributed by atoms with van der Waals surface area (Å²) in [5.41, 5.74) is -2.06. The first kappa shape index (κ1) is 62.7. The van der Waals surface area contributed by atoms with Gasteiger partial charge in [0.15, 0.2) is 28.6 Å². The van der Waals surface area contributed by atoms with Crippen LogP contribution in [-0.2, 0) is 54.9 Å². The predicted octanol–water partition coefficient (Wildman–Crippen LogP) is 10.3. The largest absolute Gasteiger partial charge is 0.476 e. The number of methoxy groups -OCH3 is 1. The number of rotatable bonds is 6. The van der Waals surface area contributed by atoms with E-state index in [1.807, 2.05) is 19.1 Å². The molecule has 26 heteroatoms. The van der Waals surface area contributed by atoms with Crippen LogP contribution < -0.4 is 5.73 Å². The standard InChI is InChI=1S/C43H63NO11.C12H4Cl2F6N4OS/c1-24-11-10-14-30-23-50-40-36(44-48)27(4)19-33(43(30,40)47)41(46)52-32-20-31(16-15-25(2)38(24)53-35-21-34(49-6)37(45)28(5)51-35)54-42(22-32)18-17-26(3)39(55-42)29-12-8-7-9-13-29;13-5-1-4(11(15,16)17)2-6(14)8(5)24-10(22)9(7(3-21)23-24)26(25)12(18,19)20/h10-11,14-15,19,24,26,28-29,31-35,37-40,45,47-48H,7-9,12-13,16-18,20-23H2,1-6H3;1-2H,22H2/b11-10+,25-15+,30-14+,44-36-;/t24-,26-,28-,31+,32-,33-,34-,35-,37-,38-,39-,40+,42+,43+;/m0./s1. The molecule has 0 amide bonds. The first-order chi connectivity index (χ1) is 38.1. The number of hydrogen-bond acceptors (Lipinski definition) is 16. The van der Waals surface area contributed by atoms with Crippen molar-refractivity contribution in [3.05, 3.63) is 80.5 Å². The summed E-state index contributed by atoms with van der Waals surface area (Å²) < 4.78 is 133. The summed E-state index contributed by atoms with van der Waals surface area (Å²) in [6.07, 6.45) is 9.61. The summed E-state index contributed by atoms with van der Waals surface area (Å²) in [5.74, 6) is -2.73. The molecule has 2 bridgehead atoms. The zero-order valence-electron chi connectivity index (χ0n) is 45.3. The number of hydrogen-bond donors (Lipinski definition) is 4. The van der Waals surface area contributed by atoms with Gasteiger partial charge >= 0.3 is 17.7 Å². The van der Waals surface area contributed by atoms with Crippen molar-refractivity contribution in [1.29, 1.82) is 5.26 Å². The molecule has 5 aliphatic heterocycles. The van der Waals surface area contributed by atoms with E-state index >= 15 is 0 Å². The maximum Gasteiger partial charge on any atom is 0.476 e. The lowest BCUT2D eigenvalue weighted by Crippen LogP contribution is -2.57. The Kier molecular flexibility index (Phi) is 19.4. The number of alkyl halides is 6. The summed E-state index contributed by atoms with van der Waals surface area (Å²) in [6.45, 7) is 10.0. The predicted molar refractivity (Wildman–Crippen MR) is 283 cm³/mol. The fourth-order valence-corrected chi connectivity index (χ4v) is 13.7. The van der Waals surface area contributed by atoms with Crippen LogP contribution in [0.15, 0.2) is 69.3 Å². The average molecular weight is 1210 g/mol. The molecular formula is C55H67Cl2F6N5O12S. The Bertz CT molecular complexity index is 2870. The van der Waals surface area contributed by atoms with E-state index < -0.39 is 126 Å². The molecule has 1 aromatic heterocycles. The maximum atomic E-state index is 14.4. The SMILES string of the molecule is CO[C@H]1C[C@H](O[C@@H]2/C(C)=C/C[C@@H]3C[C@@H](C[C@]4(CC[C@H](C)[C@@H](C5CCCCC5)O4)O3)OC(=O)[C@@H]3C=C(C)/C(=N/O)[C@H]4OC/C(=C\C=C\[C@@H]2C)[C@]43O)O[C@@H](C)[C@@H]1O.N#Cc1nn(-c2c(Cl)cc(C(F)(F)F)cc2Cl)c(N)c1S(=O)C(F)(F)F. The van der Waals surface area contributed by atoms with E-state index in [0.717, 1.165) is 24.8 Å². The van der Waals surface area contributed by atoms with Crippen molar-refractivity contribution in [3.8, 4) is 11.8 Å². The third-order valence-corrected chi connectivity index (χ3v) is 18.3. The lowest BCUT2D eigenvalue weighted by molar-refractivity contribution is -0.342. The highest BCUT2D eigenvalue weighted by Gasteiger charge is 2.60. The number of aromatic nitrogens is 2. The van der Waals surface area contributed by atoms with Gasteiger partial charge in [0.05, 0.1) is 52.7 Å². The number of aliphatic hydroxyl groups is 2. The first-order valence-electron chi connectivity index (χ1n) is 26.8. The summed E-state index contributed by atoms with van der Waals surface area (Å²) in [7, 11) is -2.12. The lowest BCUT2D eigenvalue weighted by atomic mass is 9.71. The van der Waals surface area contributed by atoms with E-state index in [1.54, 1.807) is 26.2 Å². The fourth-order valence-electron chi connectivity index (χ4n) is 12.3. The Labute approximate surface area is 477 Å². The minimum Gasteiger partial charge on any atom is -0.462 e.